The number of hydrogen-bond donors (Lipinski definition) is 0. The highest BCUT2D eigenvalue weighted by Gasteiger charge is 2.29. The molecule has 4 aromatic carbocycles. The lowest BCUT2D eigenvalue weighted by atomic mass is 10.1. The van der Waals surface area contributed by atoms with Gasteiger partial charge >= 0.3 is 5.97 Å². The molecule has 0 fully saturated rings. The highest BCUT2D eigenvalue weighted by Crippen LogP contribution is 2.38. The van der Waals surface area contributed by atoms with E-state index in [1.807, 2.05) is 54.6 Å². The number of furan rings is 1. The molecule has 7 heteroatoms. The highest BCUT2D eigenvalue weighted by molar-refractivity contribution is 9.10. The van der Waals surface area contributed by atoms with Crippen LogP contribution in [-0.2, 0) is 0 Å². The van der Waals surface area contributed by atoms with Crippen LogP contribution < -0.4 is 14.2 Å². The minimum Gasteiger partial charge on any atom is -0.497 e. The van der Waals surface area contributed by atoms with Gasteiger partial charge in [-0.25, -0.2) is 4.79 Å². The standard InChI is InChI=1S/C31H19BrO6/c1-35-21-11-13-25-24(16-21)28(30(38-25)19-7-3-2-4-8-19)31(34)36-22-10-12-23-26(17-22)37-27(29(23)33)15-18-6-5-9-20(32)14-18/h2-17H,1H3/b27-15-. The van der Waals surface area contributed by atoms with Gasteiger partial charge in [-0.1, -0.05) is 58.4 Å². The smallest absolute Gasteiger partial charge is 0.348 e. The molecule has 0 saturated carbocycles. The SMILES string of the molecule is COc1ccc2oc(-c3ccccc3)c(C(=O)Oc3ccc4c(c3)O/C(=C\c3cccc(Br)c3)C4=O)c2c1. The summed E-state index contributed by atoms with van der Waals surface area (Å²) in [5, 5.41) is 0.569. The van der Waals surface area contributed by atoms with E-state index in [1.165, 1.54) is 6.07 Å². The molecule has 5 aromatic rings. The number of halogens is 1. The minimum absolute atomic E-state index is 0.195. The summed E-state index contributed by atoms with van der Waals surface area (Å²) in [6.07, 6.45) is 1.68. The maximum absolute atomic E-state index is 13.5. The Bertz CT molecular complexity index is 1750. The van der Waals surface area contributed by atoms with E-state index < -0.39 is 5.97 Å². The topological polar surface area (TPSA) is 75.0 Å². The number of ether oxygens (including phenoxy) is 3. The fourth-order valence-corrected chi connectivity index (χ4v) is 4.75. The van der Waals surface area contributed by atoms with Gasteiger partial charge in [0.25, 0.3) is 0 Å². The second-order valence-electron chi connectivity index (χ2n) is 8.58. The van der Waals surface area contributed by atoms with Crippen molar-refractivity contribution in [1.29, 1.82) is 0 Å². The molecule has 0 spiro atoms. The maximum atomic E-state index is 13.5. The average Bonchev–Trinajstić information content (AvgIpc) is 3.46. The molecule has 1 aliphatic heterocycles. The van der Waals surface area contributed by atoms with Crippen LogP contribution in [-0.4, -0.2) is 18.9 Å². The van der Waals surface area contributed by atoms with Crippen molar-refractivity contribution in [3.8, 4) is 28.6 Å². The van der Waals surface area contributed by atoms with Gasteiger partial charge in [0, 0.05) is 21.5 Å². The van der Waals surface area contributed by atoms with E-state index in [2.05, 4.69) is 15.9 Å². The van der Waals surface area contributed by atoms with Crippen LogP contribution in [0.25, 0.3) is 28.4 Å². The molecule has 6 rings (SSSR count). The fraction of sp³-hybridized carbons (Fsp3) is 0.0323. The summed E-state index contributed by atoms with van der Waals surface area (Å²) in [5.41, 5.74) is 2.76. The molecular weight excluding hydrogens is 548 g/mol. The van der Waals surface area contributed by atoms with Gasteiger partial charge in [-0.3, -0.25) is 4.79 Å². The zero-order valence-electron chi connectivity index (χ0n) is 20.1. The molecule has 0 N–H and O–H groups in total. The Labute approximate surface area is 226 Å². The molecule has 6 nitrogen and oxygen atoms in total. The number of rotatable bonds is 5. The molecule has 0 saturated heterocycles. The largest absolute Gasteiger partial charge is 0.497 e. The summed E-state index contributed by atoms with van der Waals surface area (Å²) in [7, 11) is 1.56. The first-order valence-corrected chi connectivity index (χ1v) is 12.5. The third-order valence-corrected chi connectivity index (χ3v) is 6.63. The van der Waals surface area contributed by atoms with Crippen molar-refractivity contribution in [2.75, 3.05) is 7.11 Å². The Morgan fingerprint density at radius 1 is 0.895 bits per heavy atom. The van der Waals surface area contributed by atoms with Crippen LogP contribution in [0.15, 0.2) is 106 Å². The highest BCUT2D eigenvalue weighted by atomic mass is 79.9. The maximum Gasteiger partial charge on any atom is 0.348 e. The van der Waals surface area contributed by atoms with Crippen molar-refractivity contribution >= 4 is 44.7 Å². The number of ketones is 1. The predicted octanol–water partition coefficient (Wildman–Crippen LogP) is 7.71. The van der Waals surface area contributed by atoms with Crippen LogP contribution in [0.2, 0.25) is 0 Å². The van der Waals surface area contributed by atoms with Gasteiger partial charge in [-0.2, -0.15) is 0 Å². The number of esters is 1. The number of carbonyl (C=O) groups is 2. The molecule has 0 radical (unpaired) electrons. The van der Waals surface area contributed by atoms with Crippen molar-refractivity contribution in [3.05, 3.63) is 118 Å². The van der Waals surface area contributed by atoms with Crippen molar-refractivity contribution in [3.63, 3.8) is 0 Å². The van der Waals surface area contributed by atoms with E-state index in [0.717, 1.165) is 15.6 Å². The van der Waals surface area contributed by atoms with E-state index in [0.29, 0.717) is 33.8 Å². The third kappa shape index (κ3) is 4.37. The van der Waals surface area contributed by atoms with Crippen molar-refractivity contribution in [2.45, 2.75) is 0 Å². The summed E-state index contributed by atoms with van der Waals surface area (Å²) in [6, 6.07) is 26.8. The van der Waals surface area contributed by atoms with Gasteiger partial charge in [0.2, 0.25) is 5.78 Å². The van der Waals surface area contributed by atoms with Crippen molar-refractivity contribution < 1.29 is 28.2 Å². The first-order valence-electron chi connectivity index (χ1n) is 11.7. The lowest BCUT2D eigenvalue weighted by Crippen LogP contribution is -2.09. The summed E-state index contributed by atoms with van der Waals surface area (Å²) in [4.78, 5) is 26.4. The van der Waals surface area contributed by atoms with Crippen LogP contribution >= 0.6 is 15.9 Å². The van der Waals surface area contributed by atoms with Gasteiger partial charge in [0.15, 0.2) is 5.76 Å². The molecule has 0 bridgehead atoms. The predicted molar refractivity (Wildman–Crippen MR) is 147 cm³/mol. The first-order chi connectivity index (χ1) is 18.5. The van der Waals surface area contributed by atoms with E-state index in [1.54, 1.807) is 43.5 Å². The number of carbonyl (C=O) groups excluding carboxylic acids is 2. The second kappa shape index (κ2) is 9.68. The van der Waals surface area contributed by atoms with E-state index in [4.69, 9.17) is 18.6 Å². The molecule has 2 heterocycles. The van der Waals surface area contributed by atoms with Crippen LogP contribution in [0.5, 0.6) is 17.2 Å². The molecule has 0 aliphatic carbocycles. The van der Waals surface area contributed by atoms with Gasteiger partial charge in [-0.15, -0.1) is 0 Å². The lowest BCUT2D eigenvalue weighted by molar-refractivity contribution is 0.0736. The van der Waals surface area contributed by atoms with E-state index in [9.17, 15) is 9.59 Å². The Balaban J connectivity index is 1.34. The molecular formula is C31H19BrO6. The summed E-state index contributed by atoms with van der Waals surface area (Å²) in [5.74, 6) is 0.889. The molecule has 0 atom stereocenters. The molecule has 1 aliphatic rings. The Morgan fingerprint density at radius 2 is 1.71 bits per heavy atom. The quantitative estimate of drug-likeness (QED) is 0.123. The Morgan fingerprint density at radius 3 is 2.50 bits per heavy atom. The molecule has 186 valence electrons. The van der Waals surface area contributed by atoms with Gasteiger partial charge in [0.1, 0.15) is 34.2 Å². The van der Waals surface area contributed by atoms with Gasteiger partial charge in [0.05, 0.1) is 12.7 Å². The first kappa shape index (κ1) is 23.8. The molecule has 38 heavy (non-hydrogen) atoms. The third-order valence-electron chi connectivity index (χ3n) is 6.13. The second-order valence-corrected chi connectivity index (χ2v) is 9.49. The fourth-order valence-electron chi connectivity index (χ4n) is 4.34. The summed E-state index contributed by atoms with van der Waals surface area (Å²) in [6.45, 7) is 0. The number of hydrogen-bond acceptors (Lipinski definition) is 6. The van der Waals surface area contributed by atoms with E-state index in [-0.39, 0.29) is 22.9 Å². The van der Waals surface area contributed by atoms with Crippen LogP contribution in [0.4, 0.5) is 0 Å². The number of benzene rings is 4. The zero-order chi connectivity index (χ0) is 26.2. The molecule has 0 unspecified atom stereocenters. The van der Waals surface area contributed by atoms with Crippen LogP contribution in [0.1, 0.15) is 26.3 Å². The van der Waals surface area contributed by atoms with Crippen molar-refractivity contribution in [1.82, 2.24) is 0 Å². The lowest BCUT2D eigenvalue weighted by Gasteiger charge is -2.07. The Kier molecular flexibility index (Phi) is 6.05. The number of Topliss-reactive ketones (excluding diaryl/α,β-unsaturated/α-hetero) is 1. The Hall–Kier alpha value is -4.62. The average molecular weight is 567 g/mol. The summed E-state index contributed by atoms with van der Waals surface area (Å²) >= 11 is 3.43. The van der Waals surface area contributed by atoms with Crippen LogP contribution in [0.3, 0.4) is 0 Å². The minimum atomic E-state index is -0.606. The zero-order valence-corrected chi connectivity index (χ0v) is 21.7. The normalized spacial score (nSPS) is 13.4. The van der Waals surface area contributed by atoms with Crippen LogP contribution in [0, 0.1) is 0 Å². The molecule has 0 amide bonds. The van der Waals surface area contributed by atoms with Crippen molar-refractivity contribution in [2.24, 2.45) is 0 Å². The van der Waals surface area contributed by atoms with Gasteiger partial charge < -0.3 is 18.6 Å². The monoisotopic (exact) mass is 566 g/mol. The van der Waals surface area contributed by atoms with Gasteiger partial charge in [-0.05, 0) is 54.1 Å². The van der Waals surface area contributed by atoms with E-state index >= 15 is 0 Å². The number of allylic oxidation sites excluding steroid dienone is 1. The number of methoxy groups -OCH3 is 1. The summed E-state index contributed by atoms with van der Waals surface area (Å²) < 4.78 is 23.9. The number of fused-ring (bicyclic) bond motifs is 2. The molecule has 1 aromatic heterocycles.